The minimum Gasteiger partial charge on any atom is -0.464 e. The van der Waals surface area contributed by atoms with E-state index in [9.17, 15) is 4.79 Å². The highest BCUT2D eigenvalue weighted by atomic mass is 16.6. The van der Waals surface area contributed by atoms with Gasteiger partial charge in [-0.1, -0.05) is 11.3 Å². The summed E-state index contributed by atoms with van der Waals surface area (Å²) in [4.78, 5) is 15.8. The van der Waals surface area contributed by atoms with Crippen molar-refractivity contribution >= 4 is 5.97 Å². The van der Waals surface area contributed by atoms with Crippen LogP contribution in [0.4, 0.5) is 0 Å². The Hall–Kier alpha value is -2.36. The monoisotopic (exact) mass is 345 g/mol. The highest BCUT2D eigenvalue weighted by Gasteiger charge is 2.48. The van der Waals surface area contributed by atoms with Crippen molar-refractivity contribution in [1.29, 1.82) is 0 Å². The molecule has 0 saturated carbocycles. The predicted octanol–water partition coefficient (Wildman–Crippen LogP) is -0.0432. The Kier molecular flexibility index (Phi) is 4.43. The maximum atomic E-state index is 11.5. The number of pyridine rings is 1. The van der Waals surface area contributed by atoms with E-state index in [4.69, 9.17) is 9.47 Å². The third-order valence-electron chi connectivity index (χ3n) is 4.54. The van der Waals surface area contributed by atoms with E-state index in [1.54, 1.807) is 17.1 Å². The van der Waals surface area contributed by atoms with Crippen LogP contribution in [0.25, 0.3) is 0 Å². The van der Waals surface area contributed by atoms with E-state index in [2.05, 4.69) is 25.3 Å². The number of nitrogens with one attached hydrogen (secondary N) is 1. The number of aromatic nitrogens is 4. The number of nitrogens with zero attached hydrogens (tertiary/aromatic N) is 4. The largest absolute Gasteiger partial charge is 0.464 e. The Bertz CT molecular complexity index is 737. The number of hydrogen-bond acceptors (Lipinski definition) is 8. The van der Waals surface area contributed by atoms with Crippen LogP contribution < -0.4 is 5.32 Å². The Morgan fingerprint density at radius 2 is 2.24 bits per heavy atom. The smallest absolute Gasteiger partial charge is 0.360 e. The molecule has 9 nitrogen and oxygen atoms in total. The zero-order valence-electron chi connectivity index (χ0n) is 13.7. The second kappa shape index (κ2) is 6.87. The SMILES string of the molecule is COC(=O)c1cn(C2COC3C(NCc4ccccn4)COC32)nn1. The number of rotatable bonds is 5. The molecule has 4 unspecified atom stereocenters. The maximum absolute atomic E-state index is 11.5. The lowest BCUT2D eigenvalue weighted by atomic mass is 10.1. The van der Waals surface area contributed by atoms with Gasteiger partial charge < -0.3 is 19.5 Å². The van der Waals surface area contributed by atoms with Crippen LogP contribution in [0.5, 0.6) is 0 Å². The molecule has 2 saturated heterocycles. The standard InChI is InChI=1S/C16H19N5O4/c1-23-16(22)11-7-21(20-19-11)13-9-25-14-12(8-24-15(13)14)18-6-10-4-2-3-5-17-10/h2-5,7,12-15,18H,6,8-9H2,1H3. The van der Waals surface area contributed by atoms with E-state index < -0.39 is 5.97 Å². The van der Waals surface area contributed by atoms with Gasteiger partial charge in [0.05, 0.1) is 38.3 Å². The summed E-state index contributed by atoms with van der Waals surface area (Å²) >= 11 is 0. The second-order valence-corrected chi connectivity index (χ2v) is 6.05. The van der Waals surface area contributed by atoms with Gasteiger partial charge in [-0.15, -0.1) is 5.10 Å². The van der Waals surface area contributed by atoms with Gasteiger partial charge in [0.25, 0.3) is 0 Å². The third kappa shape index (κ3) is 3.13. The van der Waals surface area contributed by atoms with Crippen LogP contribution in [0.2, 0.25) is 0 Å². The quantitative estimate of drug-likeness (QED) is 0.753. The van der Waals surface area contributed by atoms with Gasteiger partial charge in [0.15, 0.2) is 5.69 Å². The van der Waals surface area contributed by atoms with Crippen LogP contribution in [0, 0.1) is 0 Å². The molecule has 2 aromatic rings. The van der Waals surface area contributed by atoms with Crippen molar-refractivity contribution in [3.05, 3.63) is 42.0 Å². The van der Waals surface area contributed by atoms with Crippen LogP contribution in [-0.4, -0.2) is 64.5 Å². The summed E-state index contributed by atoms with van der Waals surface area (Å²) in [6.45, 7) is 1.67. The minimum atomic E-state index is -0.510. The van der Waals surface area contributed by atoms with Crippen molar-refractivity contribution < 1.29 is 19.0 Å². The molecule has 2 fully saturated rings. The molecule has 0 aromatic carbocycles. The fourth-order valence-corrected chi connectivity index (χ4v) is 3.26. The number of ether oxygens (including phenoxy) is 3. The molecule has 132 valence electrons. The van der Waals surface area contributed by atoms with Gasteiger partial charge >= 0.3 is 5.97 Å². The summed E-state index contributed by atoms with van der Waals surface area (Å²) in [5.74, 6) is -0.510. The molecule has 25 heavy (non-hydrogen) atoms. The van der Waals surface area contributed by atoms with Crippen molar-refractivity contribution in [2.45, 2.75) is 30.8 Å². The third-order valence-corrected chi connectivity index (χ3v) is 4.54. The molecule has 9 heteroatoms. The Morgan fingerprint density at radius 3 is 3.04 bits per heavy atom. The van der Waals surface area contributed by atoms with E-state index in [0.29, 0.717) is 19.8 Å². The number of hydrogen-bond donors (Lipinski definition) is 1. The molecule has 0 aliphatic carbocycles. The molecule has 1 N–H and O–H groups in total. The molecule has 4 atom stereocenters. The summed E-state index contributed by atoms with van der Waals surface area (Å²) in [5.41, 5.74) is 1.15. The first-order valence-electron chi connectivity index (χ1n) is 8.13. The van der Waals surface area contributed by atoms with Gasteiger partial charge in [0, 0.05) is 12.7 Å². The van der Waals surface area contributed by atoms with Gasteiger partial charge in [-0.05, 0) is 12.1 Å². The van der Waals surface area contributed by atoms with E-state index in [1.165, 1.54) is 7.11 Å². The molecule has 0 spiro atoms. The van der Waals surface area contributed by atoms with Crippen molar-refractivity contribution in [3.8, 4) is 0 Å². The molecule has 0 amide bonds. The van der Waals surface area contributed by atoms with Crippen molar-refractivity contribution in [2.24, 2.45) is 0 Å². The lowest BCUT2D eigenvalue weighted by Crippen LogP contribution is -2.40. The van der Waals surface area contributed by atoms with Gasteiger partial charge in [-0.3, -0.25) is 4.98 Å². The number of methoxy groups -OCH3 is 1. The van der Waals surface area contributed by atoms with Crippen LogP contribution >= 0.6 is 0 Å². The highest BCUT2D eigenvalue weighted by Crippen LogP contribution is 2.34. The first-order valence-corrected chi connectivity index (χ1v) is 8.13. The summed E-state index contributed by atoms with van der Waals surface area (Å²) in [6.07, 6.45) is 3.14. The van der Waals surface area contributed by atoms with Gasteiger partial charge in [-0.25, -0.2) is 9.48 Å². The number of carbonyl (C=O) groups excluding carboxylic acids is 1. The van der Waals surface area contributed by atoms with Gasteiger partial charge in [0.2, 0.25) is 0 Å². The lowest BCUT2D eigenvalue weighted by molar-refractivity contribution is 0.0592. The van der Waals surface area contributed by atoms with Crippen molar-refractivity contribution in [2.75, 3.05) is 20.3 Å². The molecule has 2 aliphatic rings. The van der Waals surface area contributed by atoms with Crippen LogP contribution in [-0.2, 0) is 20.8 Å². The Balaban J connectivity index is 1.40. The van der Waals surface area contributed by atoms with Crippen LogP contribution in [0.3, 0.4) is 0 Å². The summed E-state index contributed by atoms with van der Waals surface area (Å²) in [6, 6.07) is 5.80. The average Bonchev–Trinajstić information content (AvgIpc) is 3.36. The average molecular weight is 345 g/mol. The highest BCUT2D eigenvalue weighted by molar-refractivity contribution is 5.86. The van der Waals surface area contributed by atoms with Gasteiger partial charge in [0.1, 0.15) is 18.2 Å². The lowest BCUT2D eigenvalue weighted by Gasteiger charge is -2.17. The Labute approximate surface area is 144 Å². The normalized spacial score (nSPS) is 28.0. The van der Waals surface area contributed by atoms with E-state index in [0.717, 1.165) is 5.69 Å². The predicted molar refractivity (Wildman–Crippen MR) is 84.7 cm³/mol. The molecular formula is C16H19N5O4. The summed E-state index contributed by atoms with van der Waals surface area (Å²) < 4.78 is 18.1. The molecule has 2 aliphatic heterocycles. The zero-order chi connectivity index (χ0) is 17.2. The summed E-state index contributed by atoms with van der Waals surface area (Å²) in [7, 11) is 1.31. The first kappa shape index (κ1) is 16.1. The van der Waals surface area contributed by atoms with Crippen LogP contribution in [0.1, 0.15) is 22.2 Å². The number of carbonyl (C=O) groups is 1. The fraction of sp³-hybridized carbons (Fsp3) is 0.500. The first-order chi connectivity index (χ1) is 12.3. The van der Waals surface area contributed by atoms with Crippen molar-refractivity contribution in [1.82, 2.24) is 25.3 Å². The van der Waals surface area contributed by atoms with Crippen LogP contribution in [0.15, 0.2) is 30.6 Å². The Morgan fingerprint density at radius 1 is 1.36 bits per heavy atom. The molecule has 2 aromatic heterocycles. The minimum absolute atomic E-state index is 0.0699. The van der Waals surface area contributed by atoms with E-state index in [1.807, 2.05) is 18.2 Å². The van der Waals surface area contributed by atoms with Gasteiger partial charge in [-0.2, -0.15) is 0 Å². The molecule has 0 bridgehead atoms. The number of fused-ring (bicyclic) bond motifs is 1. The topological polar surface area (TPSA) is 100 Å². The maximum Gasteiger partial charge on any atom is 0.360 e. The molecule has 4 rings (SSSR count). The van der Waals surface area contributed by atoms with E-state index in [-0.39, 0.29) is 30.0 Å². The second-order valence-electron chi connectivity index (χ2n) is 6.05. The fourth-order valence-electron chi connectivity index (χ4n) is 3.26. The number of esters is 1. The van der Waals surface area contributed by atoms with Crippen molar-refractivity contribution in [3.63, 3.8) is 0 Å². The zero-order valence-corrected chi connectivity index (χ0v) is 13.7. The molecule has 0 radical (unpaired) electrons. The summed E-state index contributed by atoms with van der Waals surface area (Å²) in [5, 5.41) is 11.3. The molecular weight excluding hydrogens is 326 g/mol. The molecule has 4 heterocycles. The van der Waals surface area contributed by atoms with E-state index >= 15 is 0 Å².